The summed E-state index contributed by atoms with van der Waals surface area (Å²) in [6, 6.07) is 1.75. The van der Waals surface area contributed by atoms with Crippen molar-refractivity contribution in [2.75, 3.05) is 0 Å². The molecule has 0 fully saturated rings. The van der Waals surface area contributed by atoms with Gasteiger partial charge in [0.1, 0.15) is 0 Å². The van der Waals surface area contributed by atoms with E-state index in [1.54, 1.807) is 6.07 Å². The zero-order valence-corrected chi connectivity index (χ0v) is 7.17. The molecule has 0 saturated carbocycles. The van der Waals surface area contributed by atoms with Gasteiger partial charge >= 0.3 is 0 Å². The first-order valence-electron chi connectivity index (χ1n) is 3.45. The number of fused-ring (bicyclic) bond motifs is 1. The molecule has 1 aliphatic heterocycles. The van der Waals surface area contributed by atoms with E-state index in [1.807, 2.05) is 23.0 Å². The molecule has 0 spiro atoms. The molecule has 1 aliphatic rings. The average Bonchev–Trinajstić information content (AvgIpc) is 2.41. The number of rotatable bonds is 1. The van der Waals surface area contributed by atoms with Gasteiger partial charge < -0.3 is 10.3 Å². The van der Waals surface area contributed by atoms with E-state index in [0.29, 0.717) is 5.56 Å². The van der Waals surface area contributed by atoms with Gasteiger partial charge in [0.15, 0.2) is 0 Å². The average molecular weight is 185 g/mol. The number of carbonyl (C=O) groups is 1. The monoisotopic (exact) mass is 184 g/mol. The Morgan fingerprint density at radius 2 is 2.33 bits per heavy atom. The van der Waals surface area contributed by atoms with Gasteiger partial charge in [0.05, 0.1) is 5.56 Å². The molecule has 1 amide bonds. The van der Waals surface area contributed by atoms with Crippen molar-refractivity contribution in [1.29, 1.82) is 0 Å². The highest BCUT2D eigenvalue weighted by Gasteiger charge is 2.13. The molecule has 0 atom stereocenters. The van der Waals surface area contributed by atoms with Gasteiger partial charge in [0.25, 0.3) is 5.91 Å². The second kappa shape index (κ2) is 3.03. The van der Waals surface area contributed by atoms with E-state index in [4.69, 9.17) is 5.73 Å². The molecule has 0 saturated heterocycles. The van der Waals surface area contributed by atoms with Crippen molar-refractivity contribution in [2.24, 2.45) is 5.73 Å². The molecule has 2 heterocycles. The molecule has 1 aromatic rings. The van der Waals surface area contributed by atoms with Crippen LogP contribution in [0.5, 0.6) is 0 Å². The molecular formula is C8H9ClN2O. The van der Waals surface area contributed by atoms with Gasteiger partial charge in [-0.05, 0) is 6.07 Å². The largest absolute Gasteiger partial charge is 0.366 e. The van der Waals surface area contributed by atoms with Crippen LogP contribution in [0.1, 0.15) is 16.1 Å². The highest BCUT2D eigenvalue weighted by Crippen LogP contribution is 2.17. The molecule has 0 aromatic carbocycles. The van der Waals surface area contributed by atoms with Crippen LogP contribution in [-0.4, -0.2) is 10.5 Å². The van der Waals surface area contributed by atoms with Crippen LogP contribution in [0.15, 0.2) is 18.3 Å². The lowest BCUT2D eigenvalue weighted by Gasteiger charge is -1.95. The Kier molecular flexibility index (Phi) is 2.24. The Hall–Kier alpha value is -1.22. The van der Waals surface area contributed by atoms with Gasteiger partial charge in [0, 0.05) is 24.5 Å². The topological polar surface area (TPSA) is 48.0 Å². The van der Waals surface area contributed by atoms with Crippen molar-refractivity contribution in [1.82, 2.24) is 4.57 Å². The van der Waals surface area contributed by atoms with E-state index < -0.39 is 0 Å². The second-order valence-corrected chi connectivity index (χ2v) is 2.54. The number of amides is 1. The first-order valence-corrected chi connectivity index (χ1v) is 3.45. The van der Waals surface area contributed by atoms with E-state index in [-0.39, 0.29) is 18.3 Å². The quantitative estimate of drug-likeness (QED) is 0.697. The predicted molar refractivity (Wildman–Crippen MR) is 49.2 cm³/mol. The van der Waals surface area contributed by atoms with Crippen LogP contribution < -0.4 is 5.73 Å². The van der Waals surface area contributed by atoms with E-state index in [9.17, 15) is 4.79 Å². The Balaban J connectivity index is 0.000000720. The molecule has 4 heteroatoms. The fraction of sp³-hybridized carbons (Fsp3) is 0.125. The smallest absolute Gasteiger partial charge is 0.250 e. The minimum atomic E-state index is -0.345. The zero-order valence-electron chi connectivity index (χ0n) is 6.36. The van der Waals surface area contributed by atoms with Crippen LogP contribution in [0.4, 0.5) is 0 Å². The lowest BCUT2D eigenvalue weighted by atomic mass is 10.2. The molecule has 64 valence electrons. The Labute approximate surface area is 76.3 Å². The Bertz CT molecular complexity index is 341. The predicted octanol–water partition coefficient (Wildman–Crippen LogP) is 1.04. The number of halogens is 1. The maximum Gasteiger partial charge on any atom is 0.250 e. The van der Waals surface area contributed by atoms with Crippen molar-refractivity contribution in [3.8, 4) is 0 Å². The number of nitrogens with zero attached hydrogens (tertiary/aromatic N) is 1. The van der Waals surface area contributed by atoms with Crippen LogP contribution in [0, 0.1) is 0 Å². The second-order valence-electron chi connectivity index (χ2n) is 2.54. The van der Waals surface area contributed by atoms with Gasteiger partial charge in [-0.2, -0.15) is 0 Å². The number of hydrogen-bond acceptors (Lipinski definition) is 1. The molecule has 0 unspecified atom stereocenters. The number of allylic oxidation sites excluding steroid dienone is 1. The van der Waals surface area contributed by atoms with E-state index in [0.717, 1.165) is 12.1 Å². The van der Waals surface area contributed by atoms with Gasteiger partial charge in [-0.3, -0.25) is 4.79 Å². The van der Waals surface area contributed by atoms with Crippen LogP contribution in [0.3, 0.4) is 0 Å². The van der Waals surface area contributed by atoms with Gasteiger partial charge in [-0.25, -0.2) is 0 Å². The Morgan fingerprint density at radius 1 is 1.58 bits per heavy atom. The van der Waals surface area contributed by atoms with E-state index in [2.05, 4.69) is 0 Å². The normalized spacial score (nSPS) is 12.3. The van der Waals surface area contributed by atoms with Crippen molar-refractivity contribution >= 4 is 24.5 Å². The van der Waals surface area contributed by atoms with Crippen LogP contribution in [0.25, 0.3) is 6.20 Å². The molecule has 3 nitrogen and oxygen atoms in total. The molecule has 12 heavy (non-hydrogen) atoms. The molecule has 2 rings (SSSR count). The molecule has 0 radical (unpaired) electrons. The number of nitrogens with two attached hydrogens (primary N) is 1. The minimum Gasteiger partial charge on any atom is -0.366 e. The molecule has 2 N–H and O–H groups in total. The van der Waals surface area contributed by atoms with Crippen molar-refractivity contribution < 1.29 is 4.79 Å². The fourth-order valence-electron chi connectivity index (χ4n) is 1.34. The van der Waals surface area contributed by atoms with E-state index in [1.165, 1.54) is 0 Å². The number of aromatic nitrogens is 1. The summed E-state index contributed by atoms with van der Waals surface area (Å²) in [7, 11) is 0. The first kappa shape index (κ1) is 8.87. The summed E-state index contributed by atoms with van der Waals surface area (Å²) in [6.45, 7) is 0. The summed E-state index contributed by atoms with van der Waals surface area (Å²) in [5.41, 5.74) is 6.78. The van der Waals surface area contributed by atoms with Crippen LogP contribution in [0.2, 0.25) is 0 Å². The van der Waals surface area contributed by atoms with Crippen molar-refractivity contribution in [2.45, 2.75) is 6.42 Å². The van der Waals surface area contributed by atoms with Crippen LogP contribution >= 0.6 is 12.4 Å². The molecule has 0 bridgehead atoms. The van der Waals surface area contributed by atoms with Gasteiger partial charge in [-0.1, -0.05) is 6.08 Å². The summed E-state index contributed by atoms with van der Waals surface area (Å²) in [5.74, 6) is -0.345. The lowest BCUT2D eigenvalue weighted by Crippen LogP contribution is -2.12. The highest BCUT2D eigenvalue weighted by molar-refractivity contribution is 5.94. The number of hydrogen-bond donors (Lipinski definition) is 1. The highest BCUT2D eigenvalue weighted by atomic mass is 35.5. The summed E-state index contributed by atoms with van der Waals surface area (Å²) in [5, 5.41) is 0. The lowest BCUT2D eigenvalue weighted by molar-refractivity contribution is 0.0999. The van der Waals surface area contributed by atoms with E-state index >= 15 is 0 Å². The van der Waals surface area contributed by atoms with Gasteiger partial charge in [0.2, 0.25) is 0 Å². The summed E-state index contributed by atoms with van der Waals surface area (Å²) in [4.78, 5) is 10.8. The molecular weight excluding hydrogens is 176 g/mol. The van der Waals surface area contributed by atoms with Crippen molar-refractivity contribution in [3.63, 3.8) is 0 Å². The summed E-state index contributed by atoms with van der Waals surface area (Å²) in [6.07, 6.45) is 6.59. The number of carbonyl (C=O) groups excluding carboxylic acids is 1. The first-order chi connectivity index (χ1) is 5.29. The fourth-order valence-corrected chi connectivity index (χ4v) is 1.34. The summed E-state index contributed by atoms with van der Waals surface area (Å²) < 4.78 is 1.92. The maximum absolute atomic E-state index is 10.8. The standard InChI is InChI=1S/C8H8N2O.ClH/c9-8(11)6-3-5-10-4-1-2-7(6)10;/h1,3-5H,2H2,(H2,9,11);1H. The summed E-state index contributed by atoms with van der Waals surface area (Å²) >= 11 is 0. The third kappa shape index (κ3) is 1.12. The third-order valence-electron chi connectivity index (χ3n) is 1.87. The SMILES string of the molecule is Cl.NC(=O)c1ccn2c1CC=C2. The van der Waals surface area contributed by atoms with Gasteiger partial charge in [-0.15, -0.1) is 12.4 Å². The minimum absolute atomic E-state index is 0. The maximum atomic E-state index is 10.8. The number of primary amides is 1. The zero-order chi connectivity index (χ0) is 7.84. The third-order valence-corrected chi connectivity index (χ3v) is 1.87. The Morgan fingerprint density at radius 3 is 3.00 bits per heavy atom. The van der Waals surface area contributed by atoms with Crippen LogP contribution in [-0.2, 0) is 6.42 Å². The molecule has 0 aliphatic carbocycles. The molecule has 1 aromatic heterocycles. The van der Waals surface area contributed by atoms with Crippen molar-refractivity contribution in [3.05, 3.63) is 29.6 Å².